The average Bonchev–Trinajstić information content (AvgIpc) is 3.14. The molecule has 0 atom stereocenters. The maximum absolute atomic E-state index is 12.7. The number of carbonyl (C=O) groups is 1. The van der Waals surface area contributed by atoms with Gasteiger partial charge in [-0.25, -0.2) is 0 Å². The maximum Gasteiger partial charge on any atom is 0.416 e. The van der Waals surface area contributed by atoms with Gasteiger partial charge in [0.1, 0.15) is 0 Å². The quantitative estimate of drug-likeness (QED) is 0.702. The van der Waals surface area contributed by atoms with Gasteiger partial charge in [0.15, 0.2) is 0 Å². The predicted octanol–water partition coefficient (Wildman–Crippen LogP) is 4.69. The first-order valence-electron chi connectivity index (χ1n) is 7.82. The van der Waals surface area contributed by atoms with Crippen LogP contribution in [-0.4, -0.2) is 10.9 Å². The van der Waals surface area contributed by atoms with Crippen LogP contribution >= 0.6 is 11.3 Å². The van der Waals surface area contributed by atoms with E-state index in [4.69, 9.17) is 0 Å². The molecule has 3 aromatic rings. The van der Waals surface area contributed by atoms with Crippen molar-refractivity contribution in [1.82, 2.24) is 10.3 Å². The van der Waals surface area contributed by atoms with Crippen molar-refractivity contribution in [3.63, 3.8) is 0 Å². The Labute approximate surface area is 152 Å². The van der Waals surface area contributed by atoms with E-state index in [1.54, 1.807) is 23.7 Å². The van der Waals surface area contributed by atoms with Crippen molar-refractivity contribution < 1.29 is 18.0 Å². The number of rotatable bonds is 5. The Kier molecular flexibility index (Phi) is 5.37. The number of thiophene rings is 1. The molecule has 0 bridgehead atoms. The molecule has 0 unspecified atom stereocenters. The van der Waals surface area contributed by atoms with E-state index in [1.165, 1.54) is 12.1 Å². The van der Waals surface area contributed by atoms with Gasteiger partial charge < -0.3 is 5.32 Å². The Morgan fingerprint density at radius 1 is 1.08 bits per heavy atom. The van der Waals surface area contributed by atoms with Crippen molar-refractivity contribution >= 4 is 17.2 Å². The lowest BCUT2D eigenvalue weighted by Gasteiger charge is -2.09. The summed E-state index contributed by atoms with van der Waals surface area (Å²) in [5, 5.41) is 4.69. The molecule has 0 spiro atoms. The van der Waals surface area contributed by atoms with E-state index < -0.39 is 11.7 Å². The molecule has 1 N–H and O–H groups in total. The standard InChI is InChI=1S/C19H15F3N2OS/c20-19(21,22)16-4-1-3-13(8-16)9-18(25)24-11-14-7-15(12-23-10-14)17-5-2-6-26-17/h1-8,10,12H,9,11H2,(H,24,25). The lowest BCUT2D eigenvalue weighted by atomic mass is 10.1. The van der Waals surface area contributed by atoms with Gasteiger partial charge in [0.2, 0.25) is 5.91 Å². The molecule has 134 valence electrons. The first-order chi connectivity index (χ1) is 12.4. The third-order valence-corrected chi connectivity index (χ3v) is 4.63. The third-order valence-electron chi connectivity index (χ3n) is 3.71. The number of benzene rings is 1. The Bertz CT molecular complexity index is 892. The topological polar surface area (TPSA) is 42.0 Å². The SMILES string of the molecule is O=C(Cc1cccc(C(F)(F)F)c1)NCc1cncc(-c2cccs2)c1. The van der Waals surface area contributed by atoms with Crippen molar-refractivity contribution in [2.75, 3.05) is 0 Å². The second-order valence-electron chi connectivity index (χ2n) is 5.71. The van der Waals surface area contributed by atoms with Gasteiger partial charge in [0, 0.05) is 29.4 Å². The van der Waals surface area contributed by atoms with Gasteiger partial charge in [-0.3, -0.25) is 9.78 Å². The second kappa shape index (κ2) is 7.70. The van der Waals surface area contributed by atoms with Gasteiger partial charge in [-0.15, -0.1) is 11.3 Å². The lowest BCUT2D eigenvalue weighted by molar-refractivity contribution is -0.137. The van der Waals surface area contributed by atoms with E-state index in [0.29, 0.717) is 5.56 Å². The highest BCUT2D eigenvalue weighted by atomic mass is 32.1. The van der Waals surface area contributed by atoms with Crippen LogP contribution in [0.4, 0.5) is 13.2 Å². The Balaban J connectivity index is 1.60. The molecular formula is C19H15F3N2OS. The number of alkyl halides is 3. The summed E-state index contributed by atoms with van der Waals surface area (Å²) >= 11 is 1.59. The number of nitrogens with zero attached hydrogens (tertiary/aromatic N) is 1. The molecular weight excluding hydrogens is 361 g/mol. The molecule has 3 nitrogen and oxygen atoms in total. The van der Waals surface area contributed by atoms with E-state index in [0.717, 1.165) is 28.1 Å². The van der Waals surface area contributed by atoms with Crippen molar-refractivity contribution in [2.24, 2.45) is 0 Å². The van der Waals surface area contributed by atoms with Crippen LogP contribution < -0.4 is 5.32 Å². The number of halogens is 3. The van der Waals surface area contributed by atoms with Crippen molar-refractivity contribution in [3.05, 3.63) is 76.9 Å². The Morgan fingerprint density at radius 3 is 2.65 bits per heavy atom. The monoisotopic (exact) mass is 376 g/mol. The van der Waals surface area contributed by atoms with Crippen LogP contribution in [0.1, 0.15) is 16.7 Å². The van der Waals surface area contributed by atoms with Crippen molar-refractivity contribution in [2.45, 2.75) is 19.1 Å². The zero-order chi connectivity index (χ0) is 18.6. The number of aromatic nitrogens is 1. The van der Waals surface area contributed by atoms with E-state index in [9.17, 15) is 18.0 Å². The van der Waals surface area contributed by atoms with Crippen LogP contribution in [0, 0.1) is 0 Å². The minimum Gasteiger partial charge on any atom is -0.352 e. The minimum absolute atomic E-state index is 0.109. The highest BCUT2D eigenvalue weighted by Gasteiger charge is 2.30. The molecule has 0 aliphatic rings. The normalized spacial score (nSPS) is 11.3. The van der Waals surface area contributed by atoms with Crippen LogP contribution in [0.25, 0.3) is 10.4 Å². The summed E-state index contributed by atoms with van der Waals surface area (Å²) in [6.07, 6.45) is -1.12. The van der Waals surface area contributed by atoms with Gasteiger partial charge in [0.25, 0.3) is 0 Å². The zero-order valence-corrected chi connectivity index (χ0v) is 14.4. The fourth-order valence-electron chi connectivity index (χ4n) is 2.47. The predicted molar refractivity (Wildman–Crippen MR) is 94.5 cm³/mol. The first-order valence-corrected chi connectivity index (χ1v) is 8.70. The summed E-state index contributed by atoms with van der Waals surface area (Å²) in [6.45, 7) is 0.268. The fraction of sp³-hybridized carbons (Fsp3) is 0.158. The summed E-state index contributed by atoms with van der Waals surface area (Å²) in [4.78, 5) is 17.3. The Morgan fingerprint density at radius 2 is 1.92 bits per heavy atom. The van der Waals surface area contributed by atoms with Gasteiger partial charge in [-0.1, -0.05) is 24.3 Å². The number of hydrogen-bond acceptors (Lipinski definition) is 3. The van der Waals surface area contributed by atoms with Crippen LogP contribution in [0.15, 0.2) is 60.2 Å². The van der Waals surface area contributed by atoms with E-state index in [2.05, 4.69) is 10.3 Å². The van der Waals surface area contributed by atoms with Crippen molar-refractivity contribution in [3.8, 4) is 10.4 Å². The molecule has 0 saturated heterocycles. The summed E-state index contributed by atoms with van der Waals surface area (Å²) in [5.41, 5.74) is 1.36. The van der Waals surface area contributed by atoms with Gasteiger partial charge in [0.05, 0.1) is 12.0 Å². The molecule has 1 aromatic carbocycles. The highest BCUT2D eigenvalue weighted by Crippen LogP contribution is 2.29. The molecule has 0 fully saturated rings. The summed E-state index contributed by atoms with van der Waals surface area (Å²) in [7, 11) is 0. The second-order valence-corrected chi connectivity index (χ2v) is 6.66. The minimum atomic E-state index is -4.42. The molecule has 26 heavy (non-hydrogen) atoms. The molecule has 2 aromatic heterocycles. The molecule has 2 heterocycles. The summed E-state index contributed by atoms with van der Waals surface area (Å²) < 4.78 is 38.2. The highest BCUT2D eigenvalue weighted by molar-refractivity contribution is 7.13. The number of carbonyl (C=O) groups excluding carboxylic acids is 1. The third kappa shape index (κ3) is 4.70. The molecule has 3 rings (SSSR count). The lowest BCUT2D eigenvalue weighted by Crippen LogP contribution is -2.24. The number of hydrogen-bond donors (Lipinski definition) is 1. The number of nitrogens with one attached hydrogen (secondary N) is 1. The van der Waals surface area contributed by atoms with Crippen LogP contribution in [0.3, 0.4) is 0 Å². The number of amides is 1. The smallest absolute Gasteiger partial charge is 0.352 e. The largest absolute Gasteiger partial charge is 0.416 e. The van der Waals surface area contributed by atoms with Crippen LogP contribution in [0.5, 0.6) is 0 Å². The first kappa shape index (κ1) is 18.1. The molecule has 0 saturated carbocycles. The maximum atomic E-state index is 12.7. The van der Waals surface area contributed by atoms with E-state index in [1.807, 2.05) is 23.6 Å². The van der Waals surface area contributed by atoms with Crippen LogP contribution in [0.2, 0.25) is 0 Å². The molecule has 0 aliphatic carbocycles. The molecule has 7 heteroatoms. The molecule has 1 amide bonds. The Hall–Kier alpha value is -2.67. The summed E-state index contributed by atoms with van der Waals surface area (Å²) in [6, 6.07) is 10.7. The zero-order valence-electron chi connectivity index (χ0n) is 13.6. The van der Waals surface area contributed by atoms with Crippen LogP contribution in [-0.2, 0) is 23.9 Å². The van der Waals surface area contributed by atoms with Gasteiger partial charge in [-0.05, 0) is 34.7 Å². The molecule has 0 radical (unpaired) electrons. The number of pyridine rings is 1. The van der Waals surface area contributed by atoms with E-state index in [-0.39, 0.29) is 18.9 Å². The van der Waals surface area contributed by atoms with E-state index >= 15 is 0 Å². The summed E-state index contributed by atoms with van der Waals surface area (Å²) in [5.74, 6) is -0.342. The van der Waals surface area contributed by atoms with Crippen molar-refractivity contribution in [1.29, 1.82) is 0 Å². The van der Waals surface area contributed by atoms with Gasteiger partial charge in [-0.2, -0.15) is 13.2 Å². The fourth-order valence-corrected chi connectivity index (χ4v) is 3.18. The molecule has 0 aliphatic heterocycles. The van der Waals surface area contributed by atoms with Gasteiger partial charge >= 0.3 is 6.18 Å². The average molecular weight is 376 g/mol.